The topological polar surface area (TPSA) is 0 Å². The fraction of sp³-hybridized carbons (Fsp3) is 0.385. The van der Waals surface area contributed by atoms with E-state index in [0.29, 0.717) is 0 Å². The van der Waals surface area contributed by atoms with E-state index < -0.39 is 18.4 Å². The number of allylic oxidation sites excluding steroid dienone is 8. The molecule has 0 fully saturated rings. The Balaban J connectivity index is -0.000000216. The van der Waals surface area contributed by atoms with Gasteiger partial charge in [-0.25, -0.2) is 12.2 Å². The molecule has 0 aromatic carbocycles. The Bertz CT molecular complexity index is 289. The molecule has 80 valence electrons. The second kappa shape index (κ2) is 7.83. The third-order valence-corrected chi connectivity index (χ3v) is 7.68. The number of hydrogen-bond donors (Lipinski definition) is 0. The Kier molecular flexibility index (Phi) is 8.16. The van der Waals surface area contributed by atoms with E-state index in [-0.39, 0.29) is 28.7 Å². The molecule has 0 saturated carbocycles. The summed E-state index contributed by atoms with van der Waals surface area (Å²) in [5.74, 6) is 0. The first-order valence-corrected chi connectivity index (χ1v) is 15.1. The minimum Gasteiger partial charge on any atom is -1.00 e. The van der Waals surface area contributed by atoms with Crippen LogP contribution in [0.4, 0.5) is 0 Å². The molecule has 0 nitrogen and oxygen atoms in total. The van der Waals surface area contributed by atoms with Gasteiger partial charge >= 0.3 is 87.3 Å². The summed E-state index contributed by atoms with van der Waals surface area (Å²) in [6.45, 7) is 0. The Morgan fingerprint density at radius 2 is 1.93 bits per heavy atom. The summed E-state index contributed by atoms with van der Waals surface area (Å²) in [6.07, 6.45) is 18.9. The molecule has 0 N–H and O–H groups in total. The summed E-state index contributed by atoms with van der Waals surface area (Å²) < 4.78 is 1.56. The molecule has 0 aromatic rings. The van der Waals surface area contributed by atoms with Crippen LogP contribution in [0.15, 0.2) is 34.0 Å². The number of rotatable bonds is 1. The molecule has 0 aliphatic heterocycles. The van der Waals surface area contributed by atoms with E-state index in [9.17, 15) is 0 Å². The fourth-order valence-electron chi connectivity index (χ4n) is 1.26. The normalized spacial score (nSPS) is 16.9. The minimum atomic E-state index is -1.67. The van der Waals surface area contributed by atoms with Gasteiger partial charge in [-0.05, 0) is 0 Å². The van der Waals surface area contributed by atoms with Crippen molar-refractivity contribution in [1.29, 1.82) is 0 Å². The molecule has 0 unspecified atom stereocenters. The summed E-state index contributed by atoms with van der Waals surface area (Å²) in [5, 5.41) is 0. The van der Waals surface area contributed by atoms with Crippen LogP contribution in [0, 0.1) is 12.2 Å². The fourth-order valence-corrected chi connectivity index (χ4v) is 4.83. The van der Waals surface area contributed by atoms with Gasteiger partial charge < -0.3 is 2.85 Å². The molecule has 0 saturated heterocycles. The summed E-state index contributed by atoms with van der Waals surface area (Å²) in [5.41, 5.74) is 0. The van der Waals surface area contributed by atoms with Crippen LogP contribution in [0.25, 0.3) is 0 Å². The quantitative estimate of drug-likeness (QED) is 0.398. The van der Waals surface area contributed by atoms with Crippen molar-refractivity contribution < 1.29 is 28.7 Å². The monoisotopic (exact) mass is 476 g/mol. The second-order valence-corrected chi connectivity index (χ2v) is 18.8. The largest absolute Gasteiger partial charge is 4.00 e. The van der Waals surface area contributed by atoms with Crippen molar-refractivity contribution in [1.82, 2.24) is 0 Å². The van der Waals surface area contributed by atoms with Crippen LogP contribution in [0.2, 0.25) is 14.8 Å². The summed E-state index contributed by atoms with van der Waals surface area (Å²) in [4.78, 5) is 7.27. The van der Waals surface area contributed by atoms with Crippen LogP contribution < -0.4 is 0 Å². The summed E-state index contributed by atoms with van der Waals surface area (Å²) >= 11 is -1.67. The molecule has 0 heterocycles. The van der Waals surface area contributed by atoms with Crippen molar-refractivity contribution >= 4 is 18.4 Å². The zero-order valence-electron chi connectivity index (χ0n) is 11.8. The first kappa shape index (κ1) is 15.6. The van der Waals surface area contributed by atoms with Gasteiger partial charge in [0.1, 0.15) is 0 Å². The molecule has 0 amide bonds. The third kappa shape index (κ3) is 6.72. The van der Waals surface area contributed by atoms with Gasteiger partial charge in [-0.15, -0.1) is 6.42 Å². The van der Waals surface area contributed by atoms with Gasteiger partial charge in [0.05, 0.1) is 0 Å². The molecule has 2 heteroatoms. The molecule has 2 aliphatic carbocycles. The minimum absolute atomic E-state index is 0. The first-order chi connectivity index (χ1) is 6.61. The van der Waals surface area contributed by atoms with E-state index in [0.717, 1.165) is 12.8 Å². The molecule has 2 aliphatic rings. The first-order valence-electron chi connectivity index (χ1n) is 5.10. The average Bonchev–Trinajstić information content (AvgIpc) is 2.80. The van der Waals surface area contributed by atoms with Gasteiger partial charge in [0, 0.05) is 0 Å². The predicted octanol–water partition coefficient (Wildman–Crippen LogP) is 4.08. The Labute approximate surface area is 120 Å². The van der Waals surface area contributed by atoms with Gasteiger partial charge in [-0.2, -0.15) is 6.08 Å². The Morgan fingerprint density at radius 1 is 1.20 bits per heavy atom. The maximum atomic E-state index is 3.40. The summed E-state index contributed by atoms with van der Waals surface area (Å²) in [6, 6.07) is 0. The molecule has 0 radical (unpaired) electrons. The van der Waals surface area contributed by atoms with E-state index in [1.807, 2.05) is 12.2 Å². The molecule has 0 bridgehead atoms. The zero-order chi connectivity index (χ0) is 10.4. The van der Waals surface area contributed by atoms with Crippen LogP contribution in [0.1, 0.15) is 15.7 Å². The average molecular weight is 474 g/mol. The molecule has 0 spiro atoms. The van der Waals surface area contributed by atoms with Crippen molar-refractivity contribution in [3.05, 3.63) is 46.1 Å². The second-order valence-electron chi connectivity index (χ2n) is 4.45. The molecule has 2 rings (SSSR count). The van der Waals surface area contributed by atoms with Crippen molar-refractivity contribution in [2.45, 2.75) is 27.7 Å². The maximum absolute atomic E-state index is 3.40. The van der Waals surface area contributed by atoms with Crippen LogP contribution in [-0.4, -0.2) is 18.4 Å². The molecule has 0 atom stereocenters. The van der Waals surface area contributed by atoms with Crippen molar-refractivity contribution in [2.24, 2.45) is 0 Å². The predicted molar refractivity (Wildman–Crippen MR) is 67.7 cm³/mol. The third-order valence-electron chi connectivity index (χ3n) is 2.09. The van der Waals surface area contributed by atoms with Crippen LogP contribution in [0.5, 0.6) is 0 Å². The van der Waals surface area contributed by atoms with Gasteiger partial charge in [0.25, 0.3) is 0 Å². The Morgan fingerprint density at radius 3 is 2.13 bits per heavy atom. The SMILES string of the molecule is [C-]1=CC=CC1.[CH3][Sn]([CH3])([CH3])[C]1=[C-]CC=C1.[H-].[H-].[Hf+4]. The van der Waals surface area contributed by atoms with Crippen molar-refractivity contribution in [3.63, 3.8) is 0 Å². The smallest absolute Gasteiger partial charge is 1.00 e. The summed E-state index contributed by atoms with van der Waals surface area (Å²) in [7, 11) is 0. The van der Waals surface area contributed by atoms with Crippen LogP contribution >= 0.6 is 0 Å². The maximum Gasteiger partial charge on any atom is 4.00 e. The van der Waals surface area contributed by atoms with E-state index in [4.69, 9.17) is 0 Å². The van der Waals surface area contributed by atoms with E-state index in [2.05, 4.69) is 45.2 Å². The van der Waals surface area contributed by atoms with E-state index >= 15 is 0 Å². The Hall–Kier alpha value is 0.629. The molecule has 15 heavy (non-hydrogen) atoms. The zero-order valence-corrected chi connectivity index (χ0v) is 16.2. The number of hydrogen-bond acceptors (Lipinski definition) is 0. The van der Waals surface area contributed by atoms with Crippen LogP contribution in [0.3, 0.4) is 0 Å². The van der Waals surface area contributed by atoms with Gasteiger partial charge in [0.15, 0.2) is 0 Å². The van der Waals surface area contributed by atoms with Gasteiger partial charge in [0.2, 0.25) is 0 Å². The van der Waals surface area contributed by atoms with Gasteiger partial charge in [-0.3, -0.25) is 6.08 Å². The standard InChI is InChI=1S/C5H5.C5H4.3CH3.Hf.Sn.2H/c2*1-2-4-5-3-1;;;;;;;/h1-3H,4H2;1-2H,3H2;3*1H3;;;;/q2*-1;;;;+4;;2*-1. The molecule has 0 aromatic heterocycles. The van der Waals surface area contributed by atoms with Crippen molar-refractivity contribution in [2.75, 3.05) is 0 Å². The molecular formula is C13H20HfSn. The van der Waals surface area contributed by atoms with Crippen LogP contribution in [-0.2, 0) is 25.8 Å². The van der Waals surface area contributed by atoms with E-state index in [1.165, 1.54) is 0 Å². The van der Waals surface area contributed by atoms with Crippen molar-refractivity contribution in [3.8, 4) is 0 Å². The molecular weight excluding hydrogens is 453 g/mol. The van der Waals surface area contributed by atoms with E-state index in [1.54, 1.807) is 3.59 Å². The van der Waals surface area contributed by atoms with Gasteiger partial charge in [-0.1, -0.05) is 0 Å².